The molecule has 1 aliphatic rings. The number of imide groups is 1. The first-order valence-corrected chi connectivity index (χ1v) is 13.4. The molecule has 3 aromatic rings. The summed E-state index contributed by atoms with van der Waals surface area (Å²) in [5.74, 6) is -2.98. The lowest BCUT2D eigenvalue weighted by molar-refractivity contribution is -0.159. The molecule has 0 saturated carbocycles. The molecule has 3 aromatic carbocycles. The number of carboxylic acid groups (broad SMARTS) is 1. The Morgan fingerprint density at radius 1 is 0.976 bits per heavy atom. The van der Waals surface area contributed by atoms with Gasteiger partial charge in [0.1, 0.15) is 11.3 Å². The molecule has 0 unspecified atom stereocenters. The molecule has 11 nitrogen and oxygen atoms in total. The van der Waals surface area contributed by atoms with Gasteiger partial charge in [-0.05, 0) is 47.7 Å². The number of carbonyl (C=O) groups excluding carboxylic acids is 3. The molecular formula is C31H33N5O6. The van der Waals surface area contributed by atoms with Gasteiger partial charge in [0, 0.05) is 13.5 Å². The van der Waals surface area contributed by atoms with E-state index in [0.717, 1.165) is 21.1 Å². The second-order valence-corrected chi connectivity index (χ2v) is 10.2. The zero-order valence-corrected chi connectivity index (χ0v) is 23.7. The van der Waals surface area contributed by atoms with E-state index >= 15 is 0 Å². The van der Waals surface area contributed by atoms with Gasteiger partial charge >= 0.3 is 12.0 Å². The highest BCUT2D eigenvalue weighted by molar-refractivity contribution is 6.08. The lowest BCUT2D eigenvalue weighted by Gasteiger charge is -2.32. The predicted octanol–water partition coefficient (Wildman–Crippen LogP) is 4.61. The van der Waals surface area contributed by atoms with Gasteiger partial charge in [-0.25, -0.2) is 15.3 Å². The number of carboxylic acids is 1. The third-order valence-corrected chi connectivity index (χ3v) is 7.51. The highest BCUT2D eigenvalue weighted by atomic mass is 16.5. The summed E-state index contributed by atoms with van der Waals surface area (Å²) in [5, 5.41) is 15.2. The highest BCUT2D eigenvalue weighted by Gasteiger charge is 2.58. The summed E-state index contributed by atoms with van der Waals surface area (Å²) in [7, 11) is 1.53. The lowest BCUT2D eigenvalue weighted by Crippen LogP contribution is -2.53. The summed E-state index contributed by atoms with van der Waals surface area (Å²) >= 11 is 0. The normalized spacial score (nSPS) is 17.2. The Labute approximate surface area is 243 Å². The molecule has 4 amide bonds. The molecule has 0 aromatic heterocycles. The van der Waals surface area contributed by atoms with Crippen molar-refractivity contribution in [3.63, 3.8) is 0 Å². The number of hydrogen-bond donors (Lipinski definition) is 2. The number of hydrazine groups is 1. The molecule has 1 heterocycles. The van der Waals surface area contributed by atoms with E-state index in [1.165, 1.54) is 18.9 Å². The van der Waals surface area contributed by atoms with Crippen LogP contribution in [0.25, 0.3) is 0 Å². The molecule has 2 atom stereocenters. The first-order chi connectivity index (χ1) is 20.1. The van der Waals surface area contributed by atoms with Gasteiger partial charge in [-0.15, -0.1) is 0 Å². The monoisotopic (exact) mass is 571 g/mol. The van der Waals surface area contributed by atoms with E-state index in [4.69, 9.17) is 10.3 Å². The van der Waals surface area contributed by atoms with E-state index in [2.05, 4.69) is 5.11 Å². The molecule has 218 valence electrons. The van der Waals surface area contributed by atoms with Crippen LogP contribution in [0.3, 0.4) is 0 Å². The first-order valence-electron chi connectivity index (χ1n) is 13.4. The number of benzene rings is 3. The van der Waals surface area contributed by atoms with E-state index in [9.17, 15) is 24.3 Å². The average molecular weight is 572 g/mol. The Morgan fingerprint density at radius 3 is 2.14 bits per heavy atom. The largest absolute Gasteiger partial charge is 0.497 e. The van der Waals surface area contributed by atoms with Crippen LogP contribution in [-0.2, 0) is 39.4 Å². The maximum absolute atomic E-state index is 14.2. The van der Waals surface area contributed by atoms with E-state index in [1.54, 1.807) is 55.5 Å². The molecule has 4 rings (SSSR count). The van der Waals surface area contributed by atoms with E-state index in [1.807, 2.05) is 30.3 Å². The quantitative estimate of drug-likeness (QED) is 0.240. The molecule has 0 bridgehead atoms. The summed E-state index contributed by atoms with van der Waals surface area (Å²) in [6.45, 7) is 2.66. The second kappa shape index (κ2) is 12.6. The SMILES string of the molecule is COc1ccc(C[C@H](CN(C(C)=O)N2C(=O)N(Cc3ccccc3)[C@](C)(c3ccc(CN=N)cc3)C2=O)C(=O)O)cc1. The molecule has 2 N–H and O–H groups in total. The van der Waals surface area contributed by atoms with Crippen LogP contribution in [-0.4, -0.2) is 57.5 Å². The van der Waals surface area contributed by atoms with Gasteiger partial charge in [0.15, 0.2) is 0 Å². The molecule has 1 aliphatic heterocycles. The zero-order valence-electron chi connectivity index (χ0n) is 23.7. The molecule has 1 fully saturated rings. The van der Waals surface area contributed by atoms with Gasteiger partial charge in [0.2, 0.25) is 5.91 Å². The summed E-state index contributed by atoms with van der Waals surface area (Å²) < 4.78 is 5.17. The number of nitrogens with zero attached hydrogens (tertiary/aromatic N) is 4. The summed E-state index contributed by atoms with van der Waals surface area (Å²) in [5.41, 5.74) is 8.35. The minimum Gasteiger partial charge on any atom is -0.497 e. The van der Waals surface area contributed by atoms with Crippen molar-refractivity contribution < 1.29 is 29.0 Å². The first kappa shape index (κ1) is 29.9. The maximum atomic E-state index is 14.2. The molecule has 0 spiro atoms. The zero-order chi connectivity index (χ0) is 30.4. The van der Waals surface area contributed by atoms with Crippen molar-refractivity contribution in [3.8, 4) is 5.75 Å². The van der Waals surface area contributed by atoms with Gasteiger partial charge in [-0.1, -0.05) is 66.7 Å². The van der Waals surface area contributed by atoms with E-state index in [-0.39, 0.29) is 19.5 Å². The minimum atomic E-state index is -1.51. The van der Waals surface area contributed by atoms with Crippen LogP contribution < -0.4 is 4.74 Å². The maximum Gasteiger partial charge on any atom is 0.347 e. The van der Waals surface area contributed by atoms with E-state index < -0.39 is 41.8 Å². The van der Waals surface area contributed by atoms with Crippen LogP contribution in [0.1, 0.15) is 36.1 Å². The molecule has 0 radical (unpaired) electrons. The van der Waals surface area contributed by atoms with Crippen molar-refractivity contribution in [1.29, 1.82) is 5.53 Å². The Kier molecular flexibility index (Phi) is 8.99. The molecular weight excluding hydrogens is 538 g/mol. The van der Waals surface area contributed by atoms with Crippen LogP contribution in [0, 0.1) is 11.4 Å². The van der Waals surface area contributed by atoms with Crippen LogP contribution in [0.5, 0.6) is 5.75 Å². The number of rotatable bonds is 12. The van der Waals surface area contributed by atoms with Crippen LogP contribution in [0.15, 0.2) is 84.0 Å². The van der Waals surface area contributed by atoms with Crippen molar-refractivity contribution in [2.75, 3.05) is 13.7 Å². The van der Waals surface area contributed by atoms with E-state index in [0.29, 0.717) is 16.9 Å². The average Bonchev–Trinajstić information content (AvgIpc) is 3.17. The van der Waals surface area contributed by atoms with Crippen LogP contribution >= 0.6 is 0 Å². The number of aliphatic carboxylic acids is 1. The van der Waals surface area contributed by atoms with Gasteiger partial charge in [-0.3, -0.25) is 19.3 Å². The number of carbonyl (C=O) groups is 4. The summed E-state index contributed by atoms with van der Waals surface area (Å²) in [6.07, 6.45) is 0.0623. The highest BCUT2D eigenvalue weighted by Crippen LogP contribution is 2.39. The second-order valence-electron chi connectivity index (χ2n) is 10.2. The van der Waals surface area contributed by atoms with Crippen molar-refractivity contribution in [1.82, 2.24) is 14.9 Å². The Morgan fingerprint density at radius 2 is 1.60 bits per heavy atom. The molecule has 42 heavy (non-hydrogen) atoms. The van der Waals surface area contributed by atoms with Crippen molar-refractivity contribution in [2.24, 2.45) is 11.0 Å². The number of methoxy groups -OCH3 is 1. The Bertz CT molecular complexity index is 1460. The third-order valence-electron chi connectivity index (χ3n) is 7.51. The molecule has 11 heteroatoms. The van der Waals surface area contributed by atoms with Gasteiger partial charge in [0.25, 0.3) is 5.91 Å². The fourth-order valence-electron chi connectivity index (χ4n) is 5.06. The Balaban J connectivity index is 1.71. The number of ether oxygens (including phenoxy) is 1. The molecule has 0 aliphatic carbocycles. The van der Waals surface area contributed by atoms with Gasteiger partial charge < -0.3 is 9.84 Å². The van der Waals surface area contributed by atoms with Gasteiger partial charge in [0.05, 0.1) is 26.1 Å². The van der Waals surface area contributed by atoms with Crippen LogP contribution in [0.4, 0.5) is 4.79 Å². The lowest BCUT2D eigenvalue weighted by atomic mass is 9.89. The summed E-state index contributed by atoms with van der Waals surface area (Å²) in [4.78, 5) is 55.0. The number of urea groups is 1. The van der Waals surface area contributed by atoms with Crippen molar-refractivity contribution >= 4 is 23.8 Å². The topological polar surface area (TPSA) is 144 Å². The predicted molar refractivity (Wildman–Crippen MR) is 152 cm³/mol. The Hall–Kier alpha value is -5.06. The van der Waals surface area contributed by atoms with Crippen molar-refractivity contribution in [2.45, 2.75) is 38.9 Å². The smallest absolute Gasteiger partial charge is 0.347 e. The number of nitrogens with one attached hydrogen (secondary N) is 1. The van der Waals surface area contributed by atoms with Gasteiger partial charge in [-0.2, -0.15) is 10.1 Å². The number of amides is 4. The molecule has 1 saturated heterocycles. The minimum absolute atomic E-state index is 0.0623. The summed E-state index contributed by atoms with van der Waals surface area (Å²) in [6, 6.07) is 22.2. The van der Waals surface area contributed by atoms with Crippen molar-refractivity contribution in [3.05, 3.63) is 101 Å². The van der Waals surface area contributed by atoms with Crippen LogP contribution in [0.2, 0.25) is 0 Å². The fraction of sp³-hybridized carbons (Fsp3) is 0.290. The number of hydrogen-bond acceptors (Lipinski definition) is 7. The third kappa shape index (κ3) is 5.99. The fourth-order valence-corrected chi connectivity index (χ4v) is 5.06. The standard InChI is InChI=1S/C31H33N5O6/c1-21(37)35(20-25(28(38)39)17-22-11-15-27(42-3)16-12-22)36-29(40)31(2,26-13-9-23(10-14-26)18-33-32)34(30(36)41)19-24-7-5-4-6-8-24/h4-16,25,32H,17-20H2,1-3H3,(H,38,39)/t25-,31-/m1/s1.